The topological polar surface area (TPSA) is 67.1 Å². The lowest BCUT2D eigenvalue weighted by Gasteiger charge is -2.11. The molecule has 110 valence electrons. The number of hydrogen-bond donors (Lipinski definition) is 3. The van der Waals surface area contributed by atoms with E-state index in [-0.39, 0.29) is 17.5 Å². The van der Waals surface area contributed by atoms with Crippen LogP contribution in [0.15, 0.2) is 36.4 Å². The summed E-state index contributed by atoms with van der Waals surface area (Å²) < 4.78 is 13.1. The summed E-state index contributed by atoms with van der Waals surface area (Å²) in [5.74, 6) is 4.64. The number of carbonyl (C=O) groups excluding carboxylic acids is 1. The molecule has 0 radical (unpaired) electrons. The average molecular weight is 308 g/mol. The minimum Gasteiger partial charge on any atom is -0.348 e. The summed E-state index contributed by atoms with van der Waals surface area (Å²) in [5.41, 5.74) is 5.13. The van der Waals surface area contributed by atoms with Crippen LogP contribution in [-0.2, 0) is 6.54 Å². The van der Waals surface area contributed by atoms with Crippen LogP contribution in [0.25, 0.3) is 0 Å². The van der Waals surface area contributed by atoms with Crippen molar-refractivity contribution in [3.63, 3.8) is 0 Å². The quantitative estimate of drug-likeness (QED) is 0.601. The molecule has 4 nitrogen and oxygen atoms in total. The molecule has 0 spiro atoms. The standard InChI is InChI=1S/C15H15ClFN3O/c1-9-2-5-14(20-18)11(6-9)15(21)19-8-10-3-4-13(17)12(16)7-10/h2-7,20H,8,18H2,1H3,(H,19,21). The lowest BCUT2D eigenvalue weighted by Crippen LogP contribution is -2.25. The number of halogens is 2. The molecule has 0 aliphatic carbocycles. The molecule has 0 aromatic heterocycles. The Morgan fingerprint density at radius 1 is 1.29 bits per heavy atom. The van der Waals surface area contributed by atoms with E-state index < -0.39 is 5.82 Å². The number of nitrogens with one attached hydrogen (secondary N) is 2. The maximum atomic E-state index is 13.1. The van der Waals surface area contributed by atoms with Gasteiger partial charge in [0, 0.05) is 6.54 Å². The third-order valence-corrected chi connectivity index (χ3v) is 3.30. The summed E-state index contributed by atoms with van der Waals surface area (Å²) in [6.07, 6.45) is 0. The first-order valence-corrected chi connectivity index (χ1v) is 6.68. The second-order valence-electron chi connectivity index (χ2n) is 4.62. The number of nitrogens with two attached hydrogens (primary N) is 1. The zero-order valence-electron chi connectivity index (χ0n) is 11.4. The molecule has 6 heteroatoms. The molecule has 4 N–H and O–H groups in total. The van der Waals surface area contributed by atoms with Crippen LogP contribution in [0.4, 0.5) is 10.1 Å². The summed E-state index contributed by atoms with van der Waals surface area (Å²) in [6.45, 7) is 2.13. The Morgan fingerprint density at radius 2 is 2.05 bits per heavy atom. The lowest BCUT2D eigenvalue weighted by atomic mass is 10.1. The van der Waals surface area contributed by atoms with Gasteiger partial charge in [-0.05, 0) is 36.8 Å². The minimum atomic E-state index is -0.486. The second-order valence-corrected chi connectivity index (χ2v) is 5.03. The van der Waals surface area contributed by atoms with Gasteiger partial charge in [0.2, 0.25) is 0 Å². The van der Waals surface area contributed by atoms with Crippen LogP contribution >= 0.6 is 11.6 Å². The molecule has 0 fully saturated rings. The van der Waals surface area contributed by atoms with E-state index in [1.54, 1.807) is 18.2 Å². The molecule has 0 atom stereocenters. The fraction of sp³-hybridized carbons (Fsp3) is 0.133. The van der Waals surface area contributed by atoms with Gasteiger partial charge in [-0.1, -0.05) is 29.3 Å². The van der Waals surface area contributed by atoms with E-state index in [9.17, 15) is 9.18 Å². The zero-order chi connectivity index (χ0) is 15.4. The van der Waals surface area contributed by atoms with Gasteiger partial charge >= 0.3 is 0 Å². The van der Waals surface area contributed by atoms with Crippen LogP contribution < -0.4 is 16.6 Å². The molecule has 0 saturated heterocycles. The molecule has 0 unspecified atom stereocenters. The van der Waals surface area contributed by atoms with Gasteiger partial charge in [0.15, 0.2) is 0 Å². The van der Waals surface area contributed by atoms with Gasteiger partial charge in [0.1, 0.15) is 5.82 Å². The number of rotatable bonds is 4. The number of nitrogen functional groups attached to an aromatic ring is 1. The van der Waals surface area contributed by atoms with E-state index >= 15 is 0 Å². The van der Waals surface area contributed by atoms with Crippen molar-refractivity contribution in [1.29, 1.82) is 0 Å². The molecule has 0 bridgehead atoms. The van der Waals surface area contributed by atoms with Gasteiger partial charge in [-0.3, -0.25) is 10.6 Å². The first kappa shape index (κ1) is 15.3. The van der Waals surface area contributed by atoms with Crippen LogP contribution in [0.1, 0.15) is 21.5 Å². The normalized spacial score (nSPS) is 10.3. The molecule has 2 rings (SSSR count). The first-order valence-electron chi connectivity index (χ1n) is 6.30. The van der Waals surface area contributed by atoms with Crippen LogP contribution in [0.2, 0.25) is 5.02 Å². The number of anilines is 1. The molecule has 1 amide bonds. The molecule has 0 aliphatic rings. The van der Waals surface area contributed by atoms with Crippen molar-refractivity contribution in [1.82, 2.24) is 5.32 Å². The van der Waals surface area contributed by atoms with Crippen molar-refractivity contribution < 1.29 is 9.18 Å². The number of benzene rings is 2. The van der Waals surface area contributed by atoms with Crippen LogP contribution in [0.5, 0.6) is 0 Å². The van der Waals surface area contributed by atoms with E-state index in [0.29, 0.717) is 16.8 Å². The van der Waals surface area contributed by atoms with E-state index in [1.807, 2.05) is 13.0 Å². The molecule has 21 heavy (non-hydrogen) atoms. The van der Waals surface area contributed by atoms with E-state index in [0.717, 1.165) is 5.56 Å². The number of hydrazine groups is 1. The summed E-state index contributed by atoms with van der Waals surface area (Å²) in [4.78, 5) is 12.2. The monoisotopic (exact) mass is 307 g/mol. The van der Waals surface area contributed by atoms with Crippen molar-refractivity contribution >= 4 is 23.2 Å². The molecule has 2 aromatic carbocycles. The Balaban J connectivity index is 2.11. The van der Waals surface area contributed by atoms with Crippen molar-refractivity contribution in [3.8, 4) is 0 Å². The first-order chi connectivity index (χ1) is 10.0. The van der Waals surface area contributed by atoms with Gasteiger partial charge in [-0.25, -0.2) is 4.39 Å². The largest absolute Gasteiger partial charge is 0.348 e. The van der Waals surface area contributed by atoms with Crippen LogP contribution in [0.3, 0.4) is 0 Å². The Morgan fingerprint density at radius 3 is 2.71 bits per heavy atom. The molecule has 0 saturated carbocycles. The summed E-state index contributed by atoms with van der Waals surface area (Å²) in [7, 11) is 0. The minimum absolute atomic E-state index is 0.0293. The highest BCUT2D eigenvalue weighted by molar-refractivity contribution is 6.30. The maximum Gasteiger partial charge on any atom is 0.253 e. The molecule has 0 heterocycles. The zero-order valence-corrected chi connectivity index (χ0v) is 12.2. The summed E-state index contributed by atoms with van der Waals surface area (Å²) in [6, 6.07) is 9.64. The number of carbonyl (C=O) groups is 1. The Labute approximate surface area is 127 Å². The van der Waals surface area contributed by atoms with E-state index in [2.05, 4.69) is 10.7 Å². The van der Waals surface area contributed by atoms with Crippen molar-refractivity contribution in [2.75, 3.05) is 5.43 Å². The second kappa shape index (κ2) is 6.56. The molecule has 0 aliphatic heterocycles. The molecular weight excluding hydrogens is 293 g/mol. The predicted molar refractivity (Wildman–Crippen MR) is 81.6 cm³/mol. The third-order valence-electron chi connectivity index (χ3n) is 3.01. The van der Waals surface area contributed by atoms with Gasteiger partial charge in [0.05, 0.1) is 16.3 Å². The van der Waals surface area contributed by atoms with Crippen molar-refractivity contribution in [2.24, 2.45) is 5.84 Å². The van der Waals surface area contributed by atoms with E-state index in [4.69, 9.17) is 17.4 Å². The van der Waals surface area contributed by atoms with Gasteiger partial charge in [0.25, 0.3) is 5.91 Å². The van der Waals surface area contributed by atoms with Gasteiger partial charge < -0.3 is 10.7 Å². The maximum absolute atomic E-state index is 13.1. The fourth-order valence-electron chi connectivity index (χ4n) is 1.90. The highest BCUT2D eigenvalue weighted by atomic mass is 35.5. The Kier molecular flexibility index (Phi) is 4.77. The van der Waals surface area contributed by atoms with Crippen LogP contribution in [-0.4, -0.2) is 5.91 Å². The van der Waals surface area contributed by atoms with E-state index in [1.165, 1.54) is 12.1 Å². The highest BCUT2D eigenvalue weighted by Crippen LogP contribution is 2.18. The molecular formula is C15H15ClFN3O. The van der Waals surface area contributed by atoms with Gasteiger partial charge in [-0.15, -0.1) is 0 Å². The number of hydrogen-bond acceptors (Lipinski definition) is 3. The van der Waals surface area contributed by atoms with Crippen molar-refractivity contribution in [3.05, 3.63) is 63.9 Å². The Bertz CT molecular complexity index is 676. The fourth-order valence-corrected chi connectivity index (χ4v) is 2.10. The third kappa shape index (κ3) is 3.71. The SMILES string of the molecule is Cc1ccc(NN)c(C(=O)NCc2ccc(F)c(Cl)c2)c1. The van der Waals surface area contributed by atoms with Crippen LogP contribution in [0, 0.1) is 12.7 Å². The average Bonchev–Trinajstić information content (AvgIpc) is 2.48. The predicted octanol–water partition coefficient (Wildman–Crippen LogP) is 3.00. The molecule has 2 aromatic rings. The number of amides is 1. The summed E-state index contributed by atoms with van der Waals surface area (Å²) >= 11 is 5.70. The van der Waals surface area contributed by atoms with Crippen molar-refractivity contribution in [2.45, 2.75) is 13.5 Å². The van der Waals surface area contributed by atoms with Gasteiger partial charge in [-0.2, -0.15) is 0 Å². The highest BCUT2D eigenvalue weighted by Gasteiger charge is 2.11. The smallest absolute Gasteiger partial charge is 0.253 e. The number of aryl methyl sites for hydroxylation is 1. The lowest BCUT2D eigenvalue weighted by molar-refractivity contribution is 0.0951. The Hall–Kier alpha value is -2.11. The summed E-state index contributed by atoms with van der Waals surface area (Å²) in [5, 5.41) is 2.78.